The predicted octanol–water partition coefficient (Wildman–Crippen LogP) is 2.93. The van der Waals surface area contributed by atoms with Crippen LogP contribution in [-0.4, -0.2) is 37.3 Å². The molecule has 1 aliphatic rings. The fraction of sp³-hybridized carbons (Fsp3) is 0.273. The highest BCUT2D eigenvalue weighted by atomic mass is 32.2. The molecule has 0 unspecified atom stereocenters. The molecule has 30 heavy (non-hydrogen) atoms. The summed E-state index contributed by atoms with van der Waals surface area (Å²) in [5.74, 6) is -0.558. The number of pyridine rings is 1. The van der Waals surface area contributed by atoms with Crippen molar-refractivity contribution in [3.63, 3.8) is 0 Å². The van der Waals surface area contributed by atoms with Crippen molar-refractivity contribution in [3.8, 4) is 0 Å². The molecule has 3 aromatic rings. The molecule has 2 aromatic carbocycles. The van der Waals surface area contributed by atoms with Crippen LogP contribution in [0.25, 0.3) is 10.9 Å². The van der Waals surface area contributed by atoms with Gasteiger partial charge in [0.2, 0.25) is 15.5 Å². The summed E-state index contributed by atoms with van der Waals surface area (Å²) < 4.78 is 28.0. The van der Waals surface area contributed by atoms with Crippen molar-refractivity contribution in [1.82, 2.24) is 8.87 Å². The van der Waals surface area contributed by atoms with Gasteiger partial charge in [-0.3, -0.25) is 9.59 Å². The molecule has 0 spiro atoms. The third-order valence-electron chi connectivity index (χ3n) is 5.61. The number of carbonyl (C=O) groups is 1. The SMILES string of the molecule is Cc1ccc(S(=O)(=O)N(C)C)cc1NC(=O)c1cn2c3c(cccc3c1=O)C[C@@H]2C. The van der Waals surface area contributed by atoms with Crippen LogP contribution < -0.4 is 10.7 Å². The summed E-state index contributed by atoms with van der Waals surface area (Å²) in [4.78, 5) is 26.1. The van der Waals surface area contributed by atoms with Gasteiger partial charge in [-0.15, -0.1) is 0 Å². The first-order chi connectivity index (χ1) is 14.1. The number of carbonyl (C=O) groups excluding carboxylic acids is 1. The van der Waals surface area contributed by atoms with Gasteiger partial charge in [0, 0.05) is 37.4 Å². The second kappa shape index (κ2) is 7.07. The van der Waals surface area contributed by atoms with Crippen LogP contribution in [0.5, 0.6) is 0 Å². The van der Waals surface area contributed by atoms with E-state index in [1.165, 1.54) is 26.2 Å². The first-order valence-electron chi connectivity index (χ1n) is 9.62. The molecule has 0 aliphatic carbocycles. The van der Waals surface area contributed by atoms with Crippen molar-refractivity contribution in [2.24, 2.45) is 0 Å². The summed E-state index contributed by atoms with van der Waals surface area (Å²) in [6.07, 6.45) is 2.42. The van der Waals surface area contributed by atoms with E-state index >= 15 is 0 Å². The van der Waals surface area contributed by atoms with Gasteiger partial charge >= 0.3 is 0 Å². The average molecular weight is 426 g/mol. The Kier molecular flexibility index (Phi) is 4.79. The highest BCUT2D eigenvalue weighted by Crippen LogP contribution is 2.31. The van der Waals surface area contributed by atoms with Crippen LogP contribution in [0.3, 0.4) is 0 Å². The number of para-hydroxylation sites is 1. The normalized spacial score (nSPS) is 15.7. The molecule has 0 saturated carbocycles. The van der Waals surface area contributed by atoms with E-state index in [0.717, 1.165) is 21.8 Å². The standard InChI is InChI=1S/C22H23N3O4S/c1-13-8-9-16(30(28,29)24(3)4)11-19(13)23-22(27)18-12-25-14(2)10-15-6-5-7-17(20(15)25)21(18)26/h5-9,11-12,14H,10H2,1-4H3,(H,23,27)/t14-/m0/s1. The quantitative estimate of drug-likeness (QED) is 0.696. The second-order valence-corrected chi connectivity index (χ2v) is 10.0. The number of anilines is 1. The highest BCUT2D eigenvalue weighted by Gasteiger charge is 2.25. The van der Waals surface area contributed by atoms with Crippen LogP contribution in [0.2, 0.25) is 0 Å². The van der Waals surface area contributed by atoms with Crippen molar-refractivity contribution in [2.75, 3.05) is 19.4 Å². The van der Waals surface area contributed by atoms with Crippen molar-refractivity contribution in [3.05, 3.63) is 69.5 Å². The summed E-state index contributed by atoms with van der Waals surface area (Å²) >= 11 is 0. The van der Waals surface area contributed by atoms with Crippen LogP contribution in [-0.2, 0) is 16.4 Å². The molecule has 0 bridgehead atoms. The molecule has 2 heterocycles. The van der Waals surface area contributed by atoms with Gasteiger partial charge in [0.1, 0.15) is 5.56 Å². The molecular formula is C22H23N3O4S. The van der Waals surface area contributed by atoms with Gasteiger partial charge in [-0.2, -0.15) is 0 Å². The zero-order chi connectivity index (χ0) is 21.8. The predicted molar refractivity (Wildman–Crippen MR) is 117 cm³/mol. The molecule has 156 valence electrons. The summed E-state index contributed by atoms with van der Waals surface area (Å²) in [5.41, 5.74) is 2.73. The third-order valence-corrected chi connectivity index (χ3v) is 7.42. The minimum atomic E-state index is -3.65. The summed E-state index contributed by atoms with van der Waals surface area (Å²) in [6.45, 7) is 3.81. The first-order valence-corrected chi connectivity index (χ1v) is 11.1. The van der Waals surface area contributed by atoms with E-state index in [-0.39, 0.29) is 21.9 Å². The number of benzene rings is 2. The van der Waals surface area contributed by atoms with Gasteiger partial charge < -0.3 is 9.88 Å². The molecule has 0 radical (unpaired) electrons. The fourth-order valence-corrected chi connectivity index (χ4v) is 4.80. The molecule has 8 heteroatoms. The Balaban J connectivity index is 1.77. The van der Waals surface area contributed by atoms with Crippen LogP contribution in [0.1, 0.15) is 34.5 Å². The Bertz CT molecular complexity index is 1360. The fourth-order valence-electron chi connectivity index (χ4n) is 3.87. The van der Waals surface area contributed by atoms with Crippen LogP contribution in [0.4, 0.5) is 5.69 Å². The highest BCUT2D eigenvalue weighted by molar-refractivity contribution is 7.89. The van der Waals surface area contributed by atoms with E-state index in [4.69, 9.17) is 0 Å². The van der Waals surface area contributed by atoms with Gasteiger partial charge in [-0.1, -0.05) is 18.2 Å². The smallest absolute Gasteiger partial charge is 0.261 e. The van der Waals surface area contributed by atoms with Crippen LogP contribution in [0, 0.1) is 6.92 Å². The molecule has 1 amide bonds. The lowest BCUT2D eigenvalue weighted by Crippen LogP contribution is -2.25. The number of sulfonamides is 1. The number of aromatic nitrogens is 1. The van der Waals surface area contributed by atoms with Gasteiger partial charge in [0.25, 0.3) is 5.91 Å². The monoisotopic (exact) mass is 425 g/mol. The van der Waals surface area contributed by atoms with Gasteiger partial charge in [0.05, 0.1) is 10.4 Å². The third kappa shape index (κ3) is 3.12. The van der Waals surface area contributed by atoms with Crippen LogP contribution in [0.15, 0.2) is 52.3 Å². The maximum Gasteiger partial charge on any atom is 0.261 e. The molecule has 1 aromatic heterocycles. The number of aryl methyl sites for hydroxylation is 1. The van der Waals surface area contributed by atoms with E-state index < -0.39 is 15.9 Å². The number of nitrogens with zero attached hydrogens (tertiary/aromatic N) is 2. The summed E-state index contributed by atoms with van der Waals surface area (Å²) in [7, 11) is -0.756. The van der Waals surface area contributed by atoms with E-state index in [2.05, 4.69) is 5.32 Å². The van der Waals surface area contributed by atoms with Crippen molar-refractivity contribution < 1.29 is 13.2 Å². The van der Waals surface area contributed by atoms with E-state index in [1.54, 1.807) is 25.3 Å². The molecule has 1 atom stereocenters. The minimum Gasteiger partial charge on any atom is -0.343 e. The summed E-state index contributed by atoms with van der Waals surface area (Å²) in [6, 6.07) is 10.3. The molecule has 0 saturated heterocycles. The number of rotatable bonds is 4. The first kappa shape index (κ1) is 20.3. The van der Waals surface area contributed by atoms with E-state index in [1.807, 2.05) is 23.6 Å². The number of amides is 1. The van der Waals surface area contributed by atoms with Gasteiger partial charge in [0.15, 0.2) is 0 Å². The zero-order valence-corrected chi connectivity index (χ0v) is 18.1. The molecule has 1 N–H and O–H groups in total. The van der Waals surface area contributed by atoms with Crippen molar-refractivity contribution >= 4 is 32.5 Å². The largest absolute Gasteiger partial charge is 0.343 e. The Morgan fingerprint density at radius 2 is 1.93 bits per heavy atom. The maximum absolute atomic E-state index is 13.0. The number of hydrogen-bond donors (Lipinski definition) is 1. The van der Waals surface area contributed by atoms with E-state index in [0.29, 0.717) is 16.6 Å². The second-order valence-electron chi connectivity index (χ2n) is 7.86. The molecular weight excluding hydrogens is 402 g/mol. The maximum atomic E-state index is 13.0. The molecule has 0 fully saturated rings. The molecule has 1 aliphatic heterocycles. The van der Waals surface area contributed by atoms with Crippen molar-refractivity contribution in [1.29, 1.82) is 0 Å². The Hall–Kier alpha value is -2.97. The number of hydrogen-bond acceptors (Lipinski definition) is 4. The average Bonchev–Trinajstić information content (AvgIpc) is 3.02. The van der Waals surface area contributed by atoms with Crippen molar-refractivity contribution in [2.45, 2.75) is 31.2 Å². The summed E-state index contributed by atoms with van der Waals surface area (Å²) in [5, 5.41) is 3.25. The van der Waals surface area contributed by atoms with Crippen LogP contribution >= 0.6 is 0 Å². The number of nitrogens with one attached hydrogen (secondary N) is 1. The Morgan fingerprint density at radius 1 is 1.20 bits per heavy atom. The lowest BCUT2D eigenvalue weighted by atomic mass is 10.1. The Labute approximate surface area is 175 Å². The zero-order valence-electron chi connectivity index (χ0n) is 17.3. The Morgan fingerprint density at radius 3 is 2.63 bits per heavy atom. The lowest BCUT2D eigenvalue weighted by Gasteiger charge is -2.15. The minimum absolute atomic E-state index is 0.0358. The lowest BCUT2D eigenvalue weighted by molar-refractivity contribution is 0.102. The molecule has 7 nitrogen and oxygen atoms in total. The van der Waals surface area contributed by atoms with Gasteiger partial charge in [-0.05, 0) is 49.6 Å². The molecule has 4 rings (SSSR count). The van der Waals surface area contributed by atoms with E-state index in [9.17, 15) is 18.0 Å². The topological polar surface area (TPSA) is 88.5 Å². The van der Waals surface area contributed by atoms with Gasteiger partial charge in [-0.25, -0.2) is 12.7 Å².